The predicted octanol–water partition coefficient (Wildman–Crippen LogP) is 7.52. The second-order valence-electron chi connectivity index (χ2n) is 9.32. The second kappa shape index (κ2) is 12.7. The first kappa shape index (κ1) is 25.9. The van der Waals surface area contributed by atoms with Gasteiger partial charge in [0.1, 0.15) is 5.52 Å². The number of carbonyl (C=O) groups excluding carboxylic acids is 1. The number of nitrogen functional groups attached to an aromatic ring is 1. The number of oxazole rings is 1. The van der Waals surface area contributed by atoms with E-state index in [1.807, 2.05) is 18.2 Å². The zero-order valence-electron chi connectivity index (χ0n) is 20.8. The van der Waals surface area contributed by atoms with Gasteiger partial charge in [-0.05, 0) is 54.0 Å². The Hall–Kier alpha value is -2.67. The minimum Gasteiger partial charge on any atom is -0.431 e. The molecule has 2 amide bonds. The first-order valence-corrected chi connectivity index (χ1v) is 13.3. The lowest BCUT2D eigenvalue weighted by Gasteiger charge is -2.20. The molecule has 0 spiro atoms. The van der Waals surface area contributed by atoms with E-state index in [0.717, 1.165) is 54.6 Å². The number of unbranched alkanes of at least 4 members (excludes halogenated alkanes) is 4. The molecule has 3 aromatic rings. The quantitative estimate of drug-likeness (QED) is 0.141. The van der Waals surface area contributed by atoms with Crippen LogP contribution < -0.4 is 16.4 Å². The Balaban J connectivity index is 1.30. The zero-order chi connectivity index (χ0) is 24.5. The van der Waals surface area contributed by atoms with E-state index >= 15 is 0 Å². The maximum atomic E-state index is 12.5. The normalized spacial score (nSPS) is 11.5. The Kier molecular flexibility index (Phi) is 9.69. The number of rotatable bonds is 12. The molecule has 0 fully saturated rings. The molecule has 2 aromatic carbocycles. The van der Waals surface area contributed by atoms with Gasteiger partial charge in [-0.15, -0.1) is 0 Å². The van der Waals surface area contributed by atoms with Crippen molar-refractivity contribution in [1.29, 1.82) is 0 Å². The Morgan fingerprint density at radius 1 is 1.00 bits per heavy atom. The number of para-hydroxylation sites is 1. The van der Waals surface area contributed by atoms with Crippen molar-refractivity contribution in [2.75, 3.05) is 23.3 Å². The number of hydrogen-bond donors (Lipinski definition) is 3. The molecule has 3 rings (SSSR count). The van der Waals surface area contributed by atoms with E-state index in [9.17, 15) is 4.79 Å². The summed E-state index contributed by atoms with van der Waals surface area (Å²) in [6, 6.07) is 11.7. The molecule has 34 heavy (non-hydrogen) atoms. The average Bonchev–Trinajstić information content (AvgIpc) is 3.19. The highest BCUT2D eigenvalue weighted by Gasteiger charge is 2.15. The fourth-order valence-electron chi connectivity index (χ4n) is 3.96. The molecule has 0 radical (unpaired) electrons. The van der Waals surface area contributed by atoms with Gasteiger partial charge in [0, 0.05) is 23.7 Å². The number of thioether (sulfide) groups is 1. The molecule has 0 aliphatic rings. The van der Waals surface area contributed by atoms with E-state index in [1.54, 1.807) is 11.8 Å². The highest BCUT2D eigenvalue weighted by atomic mass is 32.2. The summed E-state index contributed by atoms with van der Waals surface area (Å²) in [5.41, 5.74) is 11.4. The van der Waals surface area contributed by atoms with Crippen molar-refractivity contribution < 1.29 is 9.21 Å². The minimum absolute atomic E-state index is 0.119. The number of fused-ring (bicyclic) bond motifs is 1. The molecule has 0 bridgehead atoms. The predicted molar refractivity (Wildman–Crippen MR) is 144 cm³/mol. The van der Waals surface area contributed by atoms with Gasteiger partial charge in [-0.1, -0.05) is 76.9 Å². The first-order chi connectivity index (χ1) is 16.3. The fraction of sp³-hybridized carbons (Fsp3) is 0.481. The maximum absolute atomic E-state index is 12.5. The number of anilines is 2. The smallest absolute Gasteiger partial charge is 0.319 e. The van der Waals surface area contributed by atoms with Crippen LogP contribution in [0.3, 0.4) is 0 Å². The number of aromatic nitrogens is 1. The number of nitrogens with two attached hydrogens (primary N) is 1. The number of nitrogens with one attached hydrogen (secondary N) is 2. The fourth-order valence-corrected chi connectivity index (χ4v) is 4.79. The summed E-state index contributed by atoms with van der Waals surface area (Å²) in [5.74, 6) is 1.69. The molecule has 184 valence electrons. The van der Waals surface area contributed by atoms with Crippen LogP contribution in [0.4, 0.5) is 16.2 Å². The van der Waals surface area contributed by atoms with Gasteiger partial charge in [-0.25, -0.2) is 9.78 Å². The van der Waals surface area contributed by atoms with Crippen LogP contribution in [0.15, 0.2) is 46.0 Å². The lowest BCUT2D eigenvalue weighted by atomic mass is 9.93. The number of nitrogens with zero attached hydrogens (tertiary/aromatic N) is 1. The summed E-state index contributed by atoms with van der Waals surface area (Å²) in [7, 11) is 0. The molecule has 7 heteroatoms. The molecule has 1 aromatic heterocycles. The lowest BCUT2D eigenvalue weighted by Crippen LogP contribution is -2.30. The molecule has 0 saturated heterocycles. The number of hydrogen-bond acceptors (Lipinski definition) is 5. The molecule has 0 saturated carbocycles. The van der Waals surface area contributed by atoms with Gasteiger partial charge in [0.25, 0.3) is 5.22 Å². The summed E-state index contributed by atoms with van der Waals surface area (Å²) < 4.78 is 5.74. The highest BCUT2D eigenvalue weighted by Crippen LogP contribution is 2.32. The lowest BCUT2D eigenvalue weighted by molar-refractivity contribution is 0.252. The van der Waals surface area contributed by atoms with Crippen molar-refractivity contribution in [1.82, 2.24) is 10.3 Å². The van der Waals surface area contributed by atoms with Crippen LogP contribution in [-0.2, 0) is 0 Å². The summed E-state index contributed by atoms with van der Waals surface area (Å²) in [5, 5.41) is 6.84. The van der Waals surface area contributed by atoms with E-state index in [4.69, 9.17) is 10.2 Å². The number of urea groups is 1. The van der Waals surface area contributed by atoms with Crippen LogP contribution in [0.5, 0.6) is 0 Å². The first-order valence-electron chi connectivity index (χ1n) is 12.3. The zero-order valence-corrected chi connectivity index (χ0v) is 21.6. The van der Waals surface area contributed by atoms with Crippen LogP contribution in [-0.4, -0.2) is 23.3 Å². The molecule has 0 aliphatic heterocycles. The van der Waals surface area contributed by atoms with Crippen LogP contribution in [0.25, 0.3) is 11.1 Å². The van der Waals surface area contributed by atoms with Crippen molar-refractivity contribution >= 4 is 40.3 Å². The van der Waals surface area contributed by atoms with Crippen LogP contribution >= 0.6 is 11.8 Å². The molecule has 0 unspecified atom stereocenters. The molecule has 1 heterocycles. The Bertz CT molecular complexity index is 1050. The van der Waals surface area contributed by atoms with Crippen molar-refractivity contribution in [2.24, 2.45) is 0 Å². The van der Waals surface area contributed by atoms with Gasteiger partial charge in [0.2, 0.25) is 0 Å². The Morgan fingerprint density at radius 2 is 1.68 bits per heavy atom. The van der Waals surface area contributed by atoms with Crippen LogP contribution in [0, 0.1) is 0 Å². The minimum atomic E-state index is -0.119. The molecule has 0 atom stereocenters. The van der Waals surface area contributed by atoms with E-state index in [1.165, 1.54) is 11.1 Å². The highest BCUT2D eigenvalue weighted by molar-refractivity contribution is 7.99. The van der Waals surface area contributed by atoms with E-state index in [0.29, 0.717) is 29.3 Å². The SMILES string of the molecule is CC(C)c1cccc(C(C)C)c1NC(=O)NCCCCCCCSc1nc2cc(N)ccc2o1. The number of carbonyl (C=O) groups is 1. The standard InChI is InChI=1S/C27H38N4O2S/c1-18(2)21-11-10-12-22(19(3)4)25(21)31-26(32)29-15-8-6-5-7-9-16-34-27-30-23-17-20(28)13-14-24(23)33-27/h10-14,17-19H,5-9,15-16,28H2,1-4H3,(H2,29,31,32). The monoisotopic (exact) mass is 482 g/mol. The second-order valence-corrected chi connectivity index (χ2v) is 10.4. The van der Waals surface area contributed by atoms with Crippen molar-refractivity contribution in [3.05, 3.63) is 47.5 Å². The van der Waals surface area contributed by atoms with Gasteiger partial charge in [-0.2, -0.15) is 0 Å². The van der Waals surface area contributed by atoms with Gasteiger partial charge < -0.3 is 20.8 Å². The van der Waals surface area contributed by atoms with Crippen molar-refractivity contribution in [3.63, 3.8) is 0 Å². The van der Waals surface area contributed by atoms with E-state index < -0.39 is 0 Å². The Morgan fingerprint density at radius 3 is 2.38 bits per heavy atom. The molecule has 0 aliphatic carbocycles. The average molecular weight is 483 g/mol. The van der Waals surface area contributed by atoms with E-state index in [-0.39, 0.29) is 6.03 Å². The van der Waals surface area contributed by atoms with Crippen molar-refractivity contribution in [2.45, 2.75) is 76.9 Å². The molecular weight excluding hydrogens is 444 g/mol. The molecule has 4 N–H and O–H groups in total. The van der Waals surface area contributed by atoms with Crippen LogP contribution in [0.2, 0.25) is 0 Å². The van der Waals surface area contributed by atoms with Gasteiger partial charge in [0.05, 0.1) is 0 Å². The molecular formula is C27H38N4O2S. The number of amides is 2. The molecule has 6 nitrogen and oxygen atoms in total. The van der Waals surface area contributed by atoms with Gasteiger partial charge >= 0.3 is 6.03 Å². The van der Waals surface area contributed by atoms with Crippen LogP contribution in [0.1, 0.15) is 82.8 Å². The summed E-state index contributed by atoms with van der Waals surface area (Å²) >= 11 is 1.65. The van der Waals surface area contributed by atoms with Gasteiger partial charge in [0.15, 0.2) is 5.58 Å². The summed E-state index contributed by atoms with van der Waals surface area (Å²) in [6.07, 6.45) is 5.51. The van der Waals surface area contributed by atoms with Crippen molar-refractivity contribution in [3.8, 4) is 0 Å². The summed E-state index contributed by atoms with van der Waals surface area (Å²) in [4.78, 5) is 17.0. The number of benzene rings is 2. The third-order valence-corrected chi connectivity index (χ3v) is 6.75. The summed E-state index contributed by atoms with van der Waals surface area (Å²) in [6.45, 7) is 9.32. The largest absolute Gasteiger partial charge is 0.431 e. The topological polar surface area (TPSA) is 93.2 Å². The third kappa shape index (κ3) is 7.42. The Labute approximate surface area is 207 Å². The van der Waals surface area contributed by atoms with E-state index in [2.05, 4.69) is 61.5 Å². The third-order valence-electron chi connectivity index (χ3n) is 5.84. The van der Waals surface area contributed by atoms with Gasteiger partial charge in [-0.3, -0.25) is 0 Å². The maximum Gasteiger partial charge on any atom is 0.319 e.